The molecule has 0 unspecified atom stereocenters. The first-order chi connectivity index (χ1) is 11.1. The van der Waals surface area contributed by atoms with E-state index in [0.717, 1.165) is 5.56 Å². The average molecular weight is 444 g/mol. The number of aromatic nitrogens is 1. The third-order valence-electron chi connectivity index (χ3n) is 2.97. The number of benzene rings is 1. The number of ether oxygens (including phenoxy) is 1. The highest BCUT2D eigenvalue weighted by Gasteiger charge is 2.07. The van der Waals surface area contributed by atoms with Gasteiger partial charge in [0.2, 0.25) is 0 Å². The van der Waals surface area contributed by atoms with Gasteiger partial charge in [0, 0.05) is 25.8 Å². The summed E-state index contributed by atoms with van der Waals surface area (Å²) in [5.41, 5.74) is 0.799. The van der Waals surface area contributed by atoms with Crippen molar-refractivity contribution in [1.29, 1.82) is 0 Å². The van der Waals surface area contributed by atoms with Gasteiger partial charge in [-0.15, -0.1) is 24.0 Å². The third-order valence-corrected chi connectivity index (χ3v) is 2.97. The molecule has 0 radical (unpaired) electrons. The maximum Gasteiger partial charge on any atom is 0.191 e. The molecular formula is C17H22FIN4O. The zero-order valence-corrected chi connectivity index (χ0v) is 16.2. The van der Waals surface area contributed by atoms with Crippen LogP contribution in [0.15, 0.2) is 47.7 Å². The molecule has 1 heterocycles. The highest BCUT2D eigenvalue weighted by atomic mass is 127. The van der Waals surface area contributed by atoms with Gasteiger partial charge in [-0.05, 0) is 43.7 Å². The Morgan fingerprint density at radius 3 is 2.71 bits per heavy atom. The van der Waals surface area contributed by atoms with Crippen LogP contribution >= 0.6 is 24.0 Å². The van der Waals surface area contributed by atoms with Gasteiger partial charge in [0.05, 0.1) is 6.20 Å². The van der Waals surface area contributed by atoms with E-state index in [0.29, 0.717) is 18.3 Å². The summed E-state index contributed by atoms with van der Waals surface area (Å²) in [7, 11) is 1.70. The molecule has 5 nitrogen and oxygen atoms in total. The molecule has 0 aliphatic carbocycles. The fourth-order valence-corrected chi connectivity index (χ4v) is 1.93. The summed E-state index contributed by atoms with van der Waals surface area (Å²) in [5, 5.41) is 6.31. The summed E-state index contributed by atoms with van der Waals surface area (Å²) in [6, 6.07) is 8.60. The van der Waals surface area contributed by atoms with Crippen LogP contribution in [0.25, 0.3) is 0 Å². The number of aliphatic imine (C=N–C) groups is 1. The van der Waals surface area contributed by atoms with Crippen LogP contribution < -0.4 is 15.4 Å². The van der Waals surface area contributed by atoms with Crippen LogP contribution in [-0.2, 0) is 6.54 Å². The fraction of sp³-hybridized carbons (Fsp3) is 0.294. The van der Waals surface area contributed by atoms with E-state index in [1.807, 2.05) is 19.9 Å². The number of guanidine groups is 1. The monoisotopic (exact) mass is 444 g/mol. The molecule has 24 heavy (non-hydrogen) atoms. The molecule has 2 rings (SSSR count). The molecule has 0 saturated carbocycles. The second-order valence-corrected chi connectivity index (χ2v) is 5.28. The van der Waals surface area contributed by atoms with Crippen LogP contribution in [0.2, 0.25) is 0 Å². The van der Waals surface area contributed by atoms with E-state index in [1.54, 1.807) is 31.4 Å². The van der Waals surface area contributed by atoms with Crippen molar-refractivity contribution in [2.45, 2.75) is 26.4 Å². The molecular weight excluding hydrogens is 422 g/mol. The molecule has 0 amide bonds. The first-order valence-electron chi connectivity index (χ1n) is 7.42. The van der Waals surface area contributed by atoms with Crippen molar-refractivity contribution >= 4 is 29.9 Å². The summed E-state index contributed by atoms with van der Waals surface area (Å²) in [6.07, 6.45) is 3.17. The Bertz CT molecular complexity index is 665. The molecule has 0 spiro atoms. The van der Waals surface area contributed by atoms with Crippen LogP contribution in [-0.4, -0.2) is 24.0 Å². The van der Waals surface area contributed by atoms with Crippen LogP contribution in [0.5, 0.6) is 11.5 Å². The lowest BCUT2D eigenvalue weighted by molar-refractivity contribution is 0.440. The van der Waals surface area contributed by atoms with E-state index in [9.17, 15) is 4.39 Å². The van der Waals surface area contributed by atoms with E-state index in [2.05, 4.69) is 20.6 Å². The van der Waals surface area contributed by atoms with Gasteiger partial charge in [0.25, 0.3) is 0 Å². The summed E-state index contributed by atoms with van der Waals surface area (Å²) < 4.78 is 19.6. The van der Waals surface area contributed by atoms with Crippen LogP contribution in [0.4, 0.5) is 4.39 Å². The van der Waals surface area contributed by atoms with Crippen LogP contribution in [0.1, 0.15) is 19.4 Å². The Balaban J connectivity index is 0.00000288. The maximum atomic E-state index is 14.1. The molecule has 0 aliphatic rings. The van der Waals surface area contributed by atoms with Crippen LogP contribution in [0, 0.1) is 5.82 Å². The zero-order chi connectivity index (χ0) is 16.7. The van der Waals surface area contributed by atoms with Crippen molar-refractivity contribution in [3.63, 3.8) is 0 Å². The summed E-state index contributed by atoms with van der Waals surface area (Å²) in [6.45, 7) is 4.52. The predicted octanol–water partition coefficient (Wildman–Crippen LogP) is 3.70. The standard InChI is InChI=1S/C17H21FN4O.HI/c1-12(2)22-17(19-3)21-10-13-6-7-16(15(18)9-13)23-14-5-4-8-20-11-14;/h4-9,11-12H,10H2,1-3H3,(H2,19,21,22);1H. The Labute approximate surface area is 158 Å². The second kappa shape index (κ2) is 10.1. The Hall–Kier alpha value is -1.90. The van der Waals surface area contributed by atoms with E-state index < -0.39 is 5.82 Å². The zero-order valence-electron chi connectivity index (χ0n) is 13.9. The van der Waals surface area contributed by atoms with Gasteiger partial charge in [0.1, 0.15) is 5.75 Å². The Morgan fingerprint density at radius 1 is 1.33 bits per heavy atom. The molecule has 0 atom stereocenters. The first kappa shape index (κ1) is 20.1. The molecule has 1 aromatic heterocycles. The smallest absolute Gasteiger partial charge is 0.191 e. The summed E-state index contributed by atoms with van der Waals surface area (Å²) in [4.78, 5) is 8.04. The van der Waals surface area contributed by atoms with Gasteiger partial charge in [-0.3, -0.25) is 9.98 Å². The van der Waals surface area contributed by atoms with Crippen molar-refractivity contribution in [2.75, 3.05) is 7.05 Å². The predicted molar refractivity (Wildman–Crippen MR) is 105 cm³/mol. The molecule has 7 heteroatoms. The average Bonchev–Trinajstić information content (AvgIpc) is 2.54. The van der Waals surface area contributed by atoms with Crippen LogP contribution in [0.3, 0.4) is 0 Å². The SMILES string of the molecule is CN=C(NCc1ccc(Oc2cccnc2)c(F)c1)NC(C)C.I. The topological polar surface area (TPSA) is 58.5 Å². The van der Waals surface area contributed by atoms with Gasteiger partial charge in [-0.1, -0.05) is 6.07 Å². The van der Waals surface area contributed by atoms with E-state index in [-0.39, 0.29) is 35.8 Å². The molecule has 2 N–H and O–H groups in total. The number of pyridine rings is 1. The lowest BCUT2D eigenvalue weighted by Gasteiger charge is -2.14. The summed E-state index contributed by atoms with van der Waals surface area (Å²) >= 11 is 0. The van der Waals surface area contributed by atoms with Crippen molar-refractivity contribution in [3.05, 3.63) is 54.1 Å². The van der Waals surface area contributed by atoms with Crippen molar-refractivity contribution in [1.82, 2.24) is 15.6 Å². The van der Waals surface area contributed by atoms with E-state index in [4.69, 9.17) is 4.74 Å². The quantitative estimate of drug-likeness (QED) is 0.420. The molecule has 2 aromatic rings. The lowest BCUT2D eigenvalue weighted by Crippen LogP contribution is -2.40. The minimum Gasteiger partial charge on any atom is -0.453 e. The Kier molecular flexibility index (Phi) is 8.45. The van der Waals surface area contributed by atoms with Crippen molar-refractivity contribution < 1.29 is 9.13 Å². The molecule has 1 aromatic carbocycles. The fourth-order valence-electron chi connectivity index (χ4n) is 1.93. The maximum absolute atomic E-state index is 14.1. The molecule has 0 fully saturated rings. The minimum absolute atomic E-state index is 0. The number of nitrogens with zero attached hydrogens (tertiary/aromatic N) is 2. The van der Waals surface area contributed by atoms with Gasteiger partial charge >= 0.3 is 0 Å². The van der Waals surface area contributed by atoms with E-state index in [1.165, 1.54) is 12.3 Å². The summed E-state index contributed by atoms with van der Waals surface area (Å²) in [5.74, 6) is 0.932. The normalized spacial score (nSPS) is 11.0. The largest absolute Gasteiger partial charge is 0.453 e. The first-order valence-corrected chi connectivity index (χ1v) is 7.42. The van der Waals surface area contributed by atoms with Crippen molar-refractivity contribution in [3.8, 4) is 11.5 Å². The lowest BCUT2D eigenvalue weighted by atomic mass is 10.2. The number of hydrogen-bond donors (Lipinski definition) is 2. The molecule has 0 bridgehead atoms. The number of hydrogen-bond acceptors (Lipinski definition) is 3. The van der Waals surface area contributed by atoms with Gasteiger partial charge in [-0.2, -0.15) is 0 Å². The third kappa shape index (κ3) is 6.31. The molecule has 0 aliphatic heterocycles. The van der Waals surface area contributed by atoms with E-state index >= 15 is 0 Å². The van der Waals surface area contributed by atoms with Gasteiger partial charge < -0.3 is 15.4 Å². The van der Waals surface area contributed by atoms with Gasteiger partial charge in [0.15, 0.2) is 17.5 Å². The van der Waals surface area contributed by atoms with Gasteiger partial charge in [-0.25, -0.2) is 4.39 Å². The van der Waals surface area contributed by atoms with Crippen molar-refractivity contribution in [2.24, 2.45) is 4.99 Å². The highest BCUT2D eigenvalue weighted by molar-refractivity contribution is 14.0. The number of rotatable bonds is 5. The number of nitrogens with one attached hydrogen (secondary N) is 2. The second-order valence-electron chi connectivity index (χ2n) is 5.28. The highest BCUT2D eigenvalue weighted by Crippen LogP contribution is 2.24. The molecule has 130 valence electrons. The minimum atomic E-state index is -0.417. The number of halogens is 2. The Morgan fingerprint density at radius 2 is 2.12 bits per heavy atom. The molecule has 0 saturated heterocycles.